The first-order valence-electron chi connectivity index (χ1n) is 7.77. The highest BCUT2D eigenvalue weighted by molar-refractivity contribution is 6.30. The minimum atomic E-state index is -0.144. The molecular weight excluding hydrogens is 326 g/mol. The Labute approximate surface area is 147 Å². The standard InChI is InChI=1S/C18H22ClN3O2/c1-13(16-6-4-5-10-20-16)22(2)18(23)21-11-9-14-12-15(19)7-8-17(14)24-3/h4-8,10,12-13H,9,11H2,1-3H3,(H,21,23). The maximum absolute atomic E-state index is 12.3. The first-order chi connectivity index (χ1) is 11.5. The van der Waals surface area contributed by atoms with Crippen molar-refractivity contribution < 1.29 is 9.53 Å². The van der Waals surface area contributed by atoms with Gasteiger partial charge in [-0.3, -0.25) is 4.98 Å². The van der Waals surface area contributed by atoms with Gasteiger partial charge in [-0.1, -0.05) is 17.7 Å². The van der Waals surface area contributed by atoms with Crippen molar-refractivity contribution in [3.63, 3.8) is 0 Å². The van der Waals surface area contributed by atoms with Crippen molar-refractivity contribution in [2.45, 2.75) is 19.4 Å². The molecule has 1 aromatic carbocycles. The Kier molecular flexibility index (Phi) is 6.44. The van der Waals surface area contributed by atoms with Gasteiger partial charge < -0.3 is 15.0 Å². The maximum atomic E-state index is 12.3. The quantitative estimate of drug-likeness (QED) is 0.867. The third kappa shape index (κ3) is 4.61. The number of benzene rings is 1. The van der Waals surface area contributed by atoms with Gasteiger partial charge in [-0.2, -0.15) is 0 Å². The van der Waals surface area contributed by atoms with E-state index in [0.717, 1.165) is 17.0 Å². The van der Waals surface area contributed by atoms with Crippen molar-refractivity contribution in [3.05, 3.63) is 58.9 Å². The lowest BCUT2D eigenvalue weighted by atomic mass is 10.1. The van der Waals surface area contributed by atoms with E-state index in [4.69, 9.17) is 16.3 Å². The Morgan fingerprint density at radius 2 is 2.17 bits per heavy atom. The number of pyridine rings is 1. The Hall–Kier alpha value is -2.27. The maximum Gasteiger partial charge on any atom is 0.317 e. The van der Waals surface area contributed by atoms with Crippen LogP contribution in [0.15, 0.2) is 42.6 Å². The fourth-order valence-electron chi connectivity index (χ4n) is 2.37. The molecule has 0 spiro atoms. The van der Waals surface area contributed by atoms with E-state index in [1.807, 2.05) is 37.3 Å². The van der Waals surface area contributed by atoms with Gasteiger partial charge in [0.15, 0.2) is 0 Å². The van der Waals surface area contributed by atoms with Crippen LogP contribution in [0.3, 0.4) is 0 Å². The summed E-state index contributed by atoms with van der Waals surface area (Å²) in [5.74, 6) is 0.767. The number of ether oxygens (including phenoxy) is 1. The molecule has 0 aliphatic carbocycles. The molecule has 128 valence electrons. The second-order valence-corrected chi connectivity index (χ2v) is 5.92. The van der Waals surface area contributed by atoms with E-state index in [0.29, 0.717) is 18.0 Å². The van der Waals surface area contributed by atoms with E-state index in [9.17, 15) is 4.79 Å². The molecule has 0 fully saturated rings. The van der Waals surface area contributed by atoms with Crippen molar-refractivity contribution in [2.75, 3.05) is 20.7 Å². The number of carbonyl (C=O) groups excluding carboxylic acids is 1. The number of hydrogen-bond acceptors (Lipinski definition) is 3. The zero-order valence-electron chi connectivity index (χ0n) is 14.1. The number of hydrogen-bond donors (Lipinski definition) is 1. The van der Waals surface area contributed by atoms with Crippen molar-refractivity contribution in [2.24, 2.45) is 0 Å². The van der Waals surface area contributed by atoms with Crippen LogP contribution in [0.2, 0.25) is 5.02 Å². The molecule has 1 unspecified atom stereocenters. The van der Waals surface area contributed by atoms with Gasteiger partial charge in [0.05, 0.1) is 18.8 Å². The number of amides is 2. The molecule has 0 bridgehead atoms. The van der Waals surface area contributed by atoms with Crippen molar-refractivity contribution in [1.82, 2.24) is 15.2 Å². The molecule has 0 saturated heterocycles. The van der Waals surface area contributed by atoms with Gasteiger partial charge in [-0.05, 0) is 49.2 Å². The normalized spacial score (nSPS) is 11.7. The second-order valence-electron chi connectivity index (χ2n) is 5.48. The minimum absolute atomic E-state index is 0.105. The lowest BCUT2D eigenvalue weighted by Gasteiger charge is -2.24. The first kappa shape index (κ1) is 18.1. The fraction of sp³-hybridized carbons (Fsp3) is 0.333. The summed E-state index contributed by atoms with van der Waals surface area (Å²) in [7, 11) is 3.38. The second kappa shape index (κ2) is 8.55. The monoisotopic (exact) mass is 347 g/mol. The number of nitrogens with zero attached hydrogens (tertiary/aromatic N) is 2. The van der Waals surface area contributed by atoms with Crippen LogP contribution in [0.4, 0.5) is 4.79 Å². The highest BCUT2D eigenvalue weighted by Crippen LogP contribution is 2.23. The van der Waals surface area contributed by atoms with E-state index in [-0.39, 0.29) is 12.1 Å². The molecule has 2 amide bonds. The van der Waals surface area contributed by atoms with E-state index >= 15 is 0 Å². The van der Waals surface area contributed by atoms with Crippen LogP contribution in [0.25, 0.3) is 0 Å². The highest BCUT2D eigenvalue weighted by atomic mass is 35.5. The zero-order valence-corrected chi connectivity index (χ0v) is 14.9. The Morgan fingerprint density at radius 3 is 2.83 bits per heavy atom. The van der Waals surface area contributed by atoms with Gasteiger partial charge in [0.1, 0.15) is 5.75 Å². The molecule has 1 aromatic heterocycles. The van der Waals surface area contributed by atoms with Gasteiger partial charge in [0.25, 0.3) is 0 Å². The van der Waals surface area contributed by atoms with E-state index in [1.165, 1.54) is 0 Å². The molecule has 5 nitrogen and oxygen atoms in total. The minimum Gasteiger partial charge on any atom is -0.496 e. The molecule has 2 rings (SSSR count). The molecule has 24 heavy (non-hydrogen) atoms. The summed E-state index contributed by atoms with van der Waals surface area (Å²) in [5, 5.41) is 3.56. The van der Waals surface area contributed by atoms with Crippen LogP contribution in [-0.2, 0) is 6.42 Å². The number of methoxy groups -OCH3 is 1. The number of nitrogens with one attached hydrogen (secondary N) is 1. The highest BCUT2D eigenvalue weighted by Gasteiger charge is 2.17. The summed E-state index contributed by atoms with van der Waals surface area (Å²) in [6.07, 6.45) is 2.37. The van der Waals surface area contributed by atoms with Gasteiger partial charge in [0, 0.05) is 24.8 Å². The average Bonchev–Trinajstić information content (AvgIpc) is 2.61. The van der Waals surface area contributed by atoms with Crippen molar-refractivity contribution in [3.8, 4) is 5.75 Å². The number of urea groups is 1. The Balaban J connectivity index is 1.90. The molecule has 1 atom stereocenters. The predicted octanol–water partition coefficient (Wildman–Crippen LogP) is 3.69. The fourth-order valence-corrected chi connectivity index (χ4v) is 2.56. The van der Waals surface area contributed by atoms with E-state index < -0.39 is 0 Å². The SMILES string of the molecule is COc1ccc(Cl)cc1CCNC(=O)N(C)C(C)c1ccccn1. The summed E-state index contributed by atoms with van der Waals surface area (Å²) >= 11 is 6.02. The van der Waals surface area contributed by atoms with Gasteiger partial charge >= 0.3 is 6.03 Å². The van der Waals surface area contributed by atoms with Crippen LogP contribution in [0, 0.1) is 0 Å². The van der Waals surface area contributed by atoms with Gasteiger partial charge in [-0.25, -0.2) is 4.79 Å². The molecule has 1 heterocycles. The smallest absolute Gasteiger partial charge is 0.317 e. The molecule has 6 heteroatoms. The first-order valence-corrected chi connectivity index (χ1v) is 8.14. The Morgan fingerprint density at radius 1 is 1.38 bits per heavy atom. The number of halogens is 1. The van der Waals surface area contributed by atoms with E-state index in [2.05, 4.69) is 10.3 Å². The molecule has 2 aromatic rings. The topological polar surface area (TPSA) is 54.5 Å². The van der Waals surface area contributed by atoms with E-state index in [1.54, 1.807) is 31.3 Å². The average molecular weight is 348 g/mol. The lowest BCUT2D eigenvalue weighted by molar-refractivity contribution is 0.193. The molecule has 0 aliphatic rings. The van der Waals surface area contributed by atoms with Crippen LogP contribution < -0.4 is 10.1 Å². The van der Waals surface area contributed by atoms with Crippen LogP contribution in [-0.4, -0.2) is 36.6 Å². The van der Waals surface area contributed by atoms with Crippen LogP contribution in [0.5, 0.6) is 5.75 Å². The van der Waals surface area contributed by atoms with Gasteiger partial charge in [-0.15, -0.1) is 0 Å². The Bertz CT molecular complexity index is 679. The summed E-state index contributed by atoms with van der Waals surface area (Å²) in [5.41, 5.74) is 1.82. The summed E-state index contributed by atoms with van der Waals surface area (Å²) < 4.78 is 5.31. The molecular formula is C18H22ClN3O2. The van der Waals surface area contributed by atoms with Crippen LogP contribution in [0.1, 0.15) is 24.2 Å². The molecule has 0 saturated carbocycles. The molecule has 0 aliphatic heterocycles. The van der Waals surface area contributed by atoms with Crippen LogP contribution >= 0.6 is 11.6 Å². The van der Waals surface area contributed by atoms with Crippen molar-refractivity contribution in [1.29, 1.82) is 0 Å². The summed E-state index contributed by atoms with van der Waals surface area (Å²) in [6.45, 7) is 2.44. The number of aromatic nitrogens is 1. The summed E-state index contributed by atoms with van der Waals surface area (Å²) in [4.78, 5) is 18.2. The largest absolute Gasteiger partial charge is 0.496 e. The number of rotatable bonds is 6. The lowest BCUT2D eigenvalue weighted by Crippen LogP contribution is -2.39. The van der Waals surface area contributed by atoms with Crippen molar-refractivity contribution >= 4 is 17.6 Å². The zero-order chi connectivity index (χ0) is 17.5. The summed E-state index contributed by atoms with van der Waals surface area (Å²) in [6, 6.07) is 10.9. The predicted molar refractivity (Wildman–Crippen MR) is 95.5 cm³/mol. The third-order valence-corrected chi connectivity index (χ3v) is 4.17. The number of carbonyl (C=O) groups is 1. The third-order valence-electron chi connectivity index (χ3n) is 3.93. The molecule has 0 radical (unpaired) electrons. The van der Waals surface area contributed by atoms with Gasteiger partial charge in [0.2, 0.25) is 0 Å². The molecule has 1 N–H and O–H groups in total.